The van der Waals surface area contributed by atoms with Crippen LogP contribution in [0.5, 0.6) is 0 Å². The van der Waals surface area contributed by atoms with E-state index in [0.717, 1.165) is 25.7 Å². The fourth-order valence-corrected chi connectivity index (χ4v) is 2.98. The molecule has 128 valence electrons. The molecule has 1 N–H and O–H groups in total. The van der Waals surface area contributed by atoms with E-state index in [4.69, 9.17) is 51.1 Å². The summed E-state index contributed by atoms with van der Waals surface area (Å²) in [4.78, 5) is 23.5. The van der Waals surface area contributed by atoms with Gasteiger partial charge in [0, 0.05) is 0 Å². The molecule has 0 unspecified atom stereocenters. The molecule has 1 rings (SSSR count). The maximum atomic E-state index is 12.2. The number of halogens is 4. The van der Waals surface area contributed by atoms with Crippen molar-refractivity contribution in [3.05, 3.63) is 31.2 Å². The van der Waals surface area contributed by atoms with Gasteiger partial charge in [0.15, 0.2) is 0 Å². The van der Waals surface area contributed by atoms with Crippen LogP contribution in [0.3, 0.4) is 0 Å². The van der Waals surface area contributed by atoms with Gasteiger partial charge in [0.05, 0.1) is 37.8 Å². The molecular weight excluding hydrogens is 386 g/mol. The predicted molar refractivity (Wildman–Crippen MR) is 92.5 cm³/mol. The second-order valence-corrected chi connectivity index (χ2v) is 6.37. The number of carbonyl (C=O) groups is 2. The molecule has 1 aromatic carbocycles. The highest BCUT2D eigenvalue weighted by Crippen LogP contribution is 2.41. The molecule has 1 aromatic rings. The summed E-state index contributed by atoms with van der Waals surface area (Å²) in [6.45, 7) is 2.26. The minimum atomic E-state index is -1.44. The van der Waals surface area contributed by atoms with E-state index in [1.807, 2.05) is 0 Å². The van der Waals surface area contributed by atoms with Crippen molar-refractivity contribution in [2.24, 2.45) is 0 Å². The van der Waals surface area contributed by atoms with E-state index in [-0.39, 0.29) is 32.3 Å². The first kappa shape index (κ1) is 20.4. The molecule has 0 radical (unpaired) electrons. The molecule has 23 heavy (non-hydrogen) atoms. The van der Waals surface area contributed by atoms with Gasteiger partial charge in [-0.15, -0.1) is 0 Å². The first-order valence-corrected chi connectivity index (χ1v) is 8.60. The Morgan fingerprint density at radius 3 is 1.91 bits per heavy atom. The Hall–Kier alpha value is -0.680. The summed E-state index contributed by atoms with van der Waals surface area (Å²) >= 11 is 23.5. The molecule has 0 spiro atoms. The van der Waals surface area contributed by atoms with Crippen LogP contribution < -0.4 is 0 Å². The van der Waals surface area contributed by atoms with Gasteiger partial charge in [-0.2, -0.15) is 0 Å². The zero-order valence-corrected chi connectivity index (χ0v) is 15.5. The Balaban J connectivity index is 2.94. The van der Waals surface area contributed by atoms with E-state index in [1.54, 1.807) is 0 Å². The Kier molecular flexibility index (Phi) is 8.48. The highest BCUT2D eigenvalue weighted by molar-refractivity contribution is 6.54. The highest BCUT2D eigenvalue weighted by atomic mass is 35.5. The summed E-state index contributed by atoms with van der Waals surface area (Å²) in [5.41, 5.74) is -0.894. The van der Waals surface area contributed by atoms with Crippen LogP contribution in [0.1, 0.15) is 59.7 Å². The molecule has 0 aromatic heterocycles. The fraction of sp³-hybridized carbons (Fsp3) is 0.467. The molecule has 0 fully saturated rings. The lowest BCUT2D eigenvalue weighted by Gasteiger charge is -2.13. The minimum Gasteiger partial charge on any atom is -0.478 e. The van der Waals surface area contributed by atoms with Gasteiger partial charge < -0.3 is 9.84 Å². The Labute approximate surface area is 154 Å². The molecule has 0 bridgehead atoms. The summed E-state index contributed by atoms with van der Waals surface area (Å²) in [7, 11) is 0. The quantitative estimate of drug-likeness (QED) is 0.246. The summed E-state index contributed by atoms with van der Waals surface area (Å²) in [6, 6.07) is 0. The largest absolute Gasteiger partial charge is 0.478 e. The zero-order valence-electron chi connectivity index (χ0n) is 12.4. The molecule has 8 heteroatoms. The molecule has 0 atom stereocenters. The molecular formula is C15H16Cl4O4. The Bertz CT molecular complexity index is 602. The highest BCUT2D eigenvalue weighted by Gasteiger charge is 2.29. The first-order chi connectivity index (χ1) is 10.8. The molecule has 0 saturated carbocycles. The van der Waals surface area contributed by atoms with Gasteiger partial charge in [0.25, 0.3) is 0 Å². The van der Waals surface area contributed by atoms with Crippen molar-refractivity contribution < 1.29 is 19.4 Å². The van der Waals surface area contributed by atoms with Crippen LogP contribution in [0, 0.1) is 0 Å². The number of hydrogen-bond acceptors (Lipinski definition) is 3. The second-order valence-electron chi connectivity index (χ2n) is 4.86. The lowest BCUT2D eigenvalue weighted by molar-refractivity contribution is 0.0487. The van der Waals surface area contributed by atoms with Crippen LogP contribution in [-0.2, 0) is 4.74 Å². The number of aromatic carboxylic acids is 1. The fourth-order valence-electron chi connectivity index (χ4n) is 1.97. The minimum absolute atomic E-state index is 0.163. The maximum absolute atomic E-state index is 12.2. The summed E-state index contributed by atoms with van der Waals surface area (Å²) in [5.74, 6) is -2.33. The summed E-state index contributed by atoms with van der Waals surface area (Å²) < 4.78 is 5.08. The second kappa shape index (κ2) is 9.58. The average molecular weight is 402 g/mol. The first-order valence-electron chi connectivity index (χ1n) is 7.09. The van der Waals surface area contributed by atoms with Crippen LogP contribution in [0.2, 0.25) is 20.1 Å². The van der Waals surface area contributed by atoms with E-state index in [1.165, 1.54) is 0 Å². The third kappa shape index (κ3) is 5.15. The number of carboxylic acids is 1. The normalized spacial score (nSPS) is 10.7. The third-order valence-electron chi connectivity index (χ3n) is 3.17. The molecule has 0 heterocycles. The van der Waals surface area contributed by atoms with E-state index in [9.17, 15) is 14.7 Å². The lowest BCUT2D eigenvalue weighted by atomic mass is 10.1. The number of esters is 1. The van der Waals surface area contributed by atoms with Gasteiger partial charge >= 0.3 is 11.9 Å². The monoisotopic (exact) mass is 400 g/mol. The zero-order chi connectivity index (χ0) is 17.6. The number of ether oxygens (including phenoxy) is 1. The van der Waals surface area contributed by atoms with Crippen molar-refractivity contribution in [2.45, 2.75) is 39.0 Å². The van der Waals surface area contributed by atoms with Gasteiger partial charge in [-0.3, -0.25) is 0 Å². The number of rotatable bonds is 8. The van der Waals surface area contributed by atoms with E-state index < -0.39 is 17.5 Å². The van der Waals surface area contributed by atoms with Crippen LogP contribution in [0.25, 0.3) is 0 Å². The van der Waals surface area contributed by atoms with Crippen LogP contribution in [-0.4, -0.2) is 23.7 Å². The number of unbranched alkanes of at least 4 members (excludes halogenated alkanes) is 4. The van der Waals surface area contributed by atoms with Gasteiger partial charge in [0.1, 0.15) is 0 Å². The predicted octanol–water partition coefficient (Wildman–Crippen LogP) is 6.13. The SMILES string of the molecule is CCCCCCCOC(=O)c1c(Cl)c(Cl)c(Cl)c(Cl)c1C(=O)O. The van der Waals surface area contributed by atoms with Gasteiger partial charge in [-0.25, -0.2) is 9.59 Å². The van der Waals surface area contributed by atoms with Crippen molar-refractivity contribution in [2.75, 3.05) is 6.61 Å². The van der Waals surface area contributed by atoms with Crippen LogP contribution in [0.4, 0.5) is 0 Å². The third-order valence-corrected chi connectivity index (χ3v) is 4.97. The Morgan fingerprint density at radius 1 is 0.870 bits per heavy atom. The molecule has 4 nitrogen and oxygen atoms in total. The molecule has 0 saturated heterocycles. The molecule has 0 aliphatic rings. The number of benzene rings is 1. The van der Waals surface area contributed by atoms with Gasteiger partial charge in [0.2, 0.25) is 0 Å². The van der Waals surface area contributed by atoms with Crippen molar-refractivity contribution in [1.82, 2.24) is 0 Å². The van der Waals surface area contributed by atoms with Crippen molar-refractivity contribution >= 4 is 58.3 Å². The van der Waals surface area contributed by atoms with E-state index >= 15 is 0 Å². The van der Waals surface area contributed by atoms with Crippen LogP contribution >= 0.6 is 46.4 Å². The summed E-state index contributed by atoms with van der Waals surface area (Å²) in [5, 5.41) is 8.23. The maximum Gasteiger partial charge on any atom is 0.340 e. The Morgan fingerprint density at radius 2 is 1.39 bits per heavy atom. The standard InChI is InChI=1S/C15H16Cl4O4/c1-2-3-4-5-6-7-23-15(22)9-8(14(20)21)10(16)12(18)13(19)11(9)17/h2-7H2,1H3,(H,20,21). The number of carboxylic acid groups (broad SMARTS) is 1. The molecule has 0 amide bonds. The molecule has 0 aliphatic heterocycles. The van der Waals surface area contributed by atoms with Gasteiger partial charge in [-0.05, 0) is 6.42 Å². The molecule has 0 aliphatic carbocycles. The van der Waals surface area contributed by atoms with Crippen molar-refractivity contribution in [3.63, 3.8) is 0 Å². The summed E-state index contributed by atoms with van der Waals surface area (Å²) in [6.07, 6.45) is 4.88. The van der Waals surface area contributed by atoms with E-state index in [0.29, 0.717) is 6.42 Å². The number of hydrogen-bond donors (Lipinski definition) is 1. The van der Waals surface area contributed by atoms with E-state index in [2.05, 4.69) is 6.92 Å². The lowest BCUT2D eigenvalue weighted by Crippen LogP contribution is -2.14. The van der Waals surface area contributed by atoms with Crippen LogP contribution in [0.15, 0.2) is 0 Å². The van der Waals surface area contributed by atoms with Gasteiger partial charge in [-0.1, -0.05) is 79.0 Å². The number of carbonyl (C=O) groups excluding carboxylic acids is 1. The van der Waals surface area contributed by atoms with Crippen molar-refractivity contribution in [3.8, 4) is 0 Å². The van der Waals surface area contributed by atoms with Crippen molar-refractivity contribution in [1.29, 1.82) is 0 Å². The average Bonchev–Trinajstić information content (AvgIpc) is 2.51. The smallest absolute Gasteiger partial charge is 0.340 e. The topological polar surface area (TPSA) is 63.6 Å².